The summed E-state index contributed by atoms with van der Waals surface area (Å²) in [6.07, 6.45) is 1.29. The summed E-state index contributed by atoms with van der Waals surface area (Å²) in [7, 11) is 0. The molecule has 1 aromatic heterocycles. The minimum absolute atomic E-state index is 0.0167. The zero-order valence-corrected chi connectivity index (χ0v) is 17.3. The van der Waals surface area contributed by atoms with Gasteiger partial charge >= 0.3 is 5.69 Å². The van der Waals surface area contributed by atoms with E-state index in [9.17, 15) is 14.0 Å². The first-order valence-corrected chi connectivity index (χ1v) is 10.2. The molecule has 1 aliphatic rings. The first kappa shape index (κ1) is 20.3. The largest absolute Gasteiger partial charge is 0.343 e. The zero-order chi connectivity index (χ0) is 21.3. The van der Waals surface area contributed by atoms with Gasteiger partial charge in [0.05, 0.1) is 12.1 Å². The molecular weight excluding hydrogens is 407 g/mol. The third-order valence-electron chi connectivity index (χ3n) is 5.56. The van der Waals surface area contributed by atoms with Gasteiger partial charge < -0.3 is 4.90 Å². The number of likely N-dealkylation sites (tertiary alicyclic amines) is 1. The summed E-state index contributed by atoms with van der Waals surface area (Å²) in [6, 6.07) is 12.0. The topological polar surface area (TPSA) is 71.0 Å². The Bertz CT molecular complexity index is 1110. The SMILES string of the molecule is Cc1ccc(Cn2c(C3CCN(C(=O)c4cc(Cl)ccc4F)CC3)n[nH]c2=O)cc1. The van der Waals surface area contributed by atoms with Crippen molar-refractivity contribution in [1.82, 2.24) is 19.7 Å². The molecule has 1 aliphatic heterocycles. The van der Waals surface area contributed by atoms with Gasteiger partial charge in [-0.3, -0.25) is 9.36 Å². The van der Waals surface area contributed by atoms with Crippen LogP contribution >= 0.6 is 11.6 Å². The molecule has 0 aliphatic carbocycles. The summed E-state index contributed by atoms with van der Waals surface area (Å²) in [6.45, 7) is 3.38. The third-order valence-corrected chi connectivity index (χ3v) is 5.79. The summed E-state index contributed by atoms with van der Waals surface area (Å²) in [5.74, 6) is -0.206. The number of H-pyrrole nitrogens is 1. The van der Waals surface area contributed by atoms with Gasteiger partial charge in [0.2, 0.25) is 0 Å². The van der Waals surface area contributed by atoms with Gasteiger partial charge in [0.1, 0.15) is 11.6 Å². The van der Waals surface area contributed by atoms with Crippen LogP contribution in [0.3, 0.4) is 0 Å². The fourth-order valence-electron chi connectivity index (χ4n) is 3.84. The maximum atomic E-state index is 14.0. The Morgan fingerprint density at radius 1 is 1.20 bits per heavy atom. The van der Waals surface area contributed by atoms with Gasteiger partial charge in [0.15, 0.2) is 0 Å². The molecule has 156 valence electrons. The lowest BCUT2D eigenvalue weighted by atomic mass is 9.95. The van der Waals surface area contributed by atoms with E-state index in [0.717, 1.165) is 11.1 Å². The van der Waals surface area contributed by atoms with Gasteiger partial charge in [0.25, 0.3) is 5.91 Å². The Balaban J connectivity index is 1.47. The van der Waals surface area contributed by atoms with Crippen LogP contribution in [0.4, 0.5) is 4.39 Å². The summed E-state index contributed by atoms with van der Waals surface area (Å²) >= 11 is 5.92. The quantitative estimate of drug-likeness (QED) is 0.688. The molecular formula is C22H22ClFN4O2. The van der Waals surface area contributed by atoms with E-state index >= 15 is 0 Å². The van der Waals surface area contributed by atoms with Gasteiger partial charge in [-0.15, -0.1) is 0 Å². The van der Waals surface area contributed by atoms with Crippen LogP contribution in [0, 0.1) is 12.7 Å². The fourth-order valence-corrected chi connectivity index (χ4v) is 4.01. The molecule has 0 unspecified atom stereocenters. The number of aromatic amines is 1. The lowest BCUT2D eigenvalue weighted by Crippen LogP contribution is -2.39. The Kier molecular flexibility index (Phi) is 5.72. The van der Waals surface area contributed by atoms with Crippen LogP contribution in [0.1, 0.15) is 46.1 Å². The van der Waals surface area contributed by atoms with Crippen LogP contribution in [0.15, 0.2) is 47.3 Å². The molecule has 0 bridgehead atoms. The Morgan fingerprint density at radius 3 is 2.60 bits per heavy atom. The number of amides is 1. The molecule has 2 heterocycles. The van der Waals surface area contributed by atoms with Crippen LogP contribution in [0.25, 0.3) is 0 Å². The molecule has 0 radical (unpaired) electrons. The number of hydrogen-bond acceptors (Lipinski definition) is 3. The number of carbonyl (C=O) groups is 1. The smallest absolute Gasteiger partial charge is 0.339 e. The van der Waals surface area contributed by atoms with E-state index in [0.29, 0.717) is 43.3 Å². The monoisotopic (exact) mass is 428 g/mol. The highest BCUT2D eigenvalue weighted by Crippen LogP contribution is 2.28. The average Bonchev–Trinajstić information content (AvgIpc) is 3.11. The average molecular weight is 429 g/mol. The van der Waals surface area contributed by atoms with Crippen LogP contribution in [-0.2, 0) is 6.54 Å². The molecule has 1 saturated heterocycles. The number of nitrogens with one attached hydrogen (secondary N) is 1. The van der Waals surface area contributed by atoms with Crippen molar-refractivity contribution in [3.63, 3.8) is 0 Å². The molecule has 1 N–H and O–H groups in total. The van der Waals surface area contributed by atoms with Crippen LogP contribution in [0.2, 0.25) is 5.02 Å². The summed E-state index contributed by atoms with van der Waals surface area (Å²) in [5.41, 5.74) is 1.92. The number of benzene rings is 2. The molecule has 0 saturated carbocycles. The van der Waals surface area contributed by atoms with Crippen molar-refractivity contribution >= 4 is 17.5 Å². The molecule has 4 rings (SSSR count). The third kappa shape index (κ3) is 4.16. The lowest BCUT2D eigenvalue weighted by Gasteiger charge is -2.31. The first-order valence-electron chi connectivity index (χ1n) is 9.87. The Morgan fingerprint density at radius 2 is 1.90 bits per heavy atom. The Labute approximate surface area is 178 Å². The maximum Gasteiger partial charge on any atom is 0.343 e. The molecule has 6 nitrogen and oxygen atoms in total. The summed E-state index contributed by atoms with van der Waals surface area (Å²) < 4.78 is 15.7. The van der Waals surface area contributed by atoms with Crippen molar-refractivity contribution in [2.24, 2.45) is 0 Å². The maximum absolute atomic E-state index is 14.0. The van der Waals surface area contributed by atoms with E-state index in [4.69, 9.17) is 11.6 Å². The number of hydrogen-bond donors (Lipinski definition) is 1. The van der Waals surface area contributed by atoms with Gasteiger partial charge in [-0.2, -0.15) is 5.10 Å². The van der Waals surface area contributed by atoms with Crippen LogP contribution in [-0.4, -0.2) is 38.7 Å². The van der Waals surface area contributed by atoms with E-state index in [1.165, 1.54) is 18.2 Å². The highest BCUT2D eigenvalue weighted by molar-refractivity contribution is 6.31. The second-order valence-corrected chi connectivity index (χ2v) is 8.09. The van der Waals surface area contributed by atoms with Gasteiger partial charge in [-0.1, -0.05) is 41.4 Å². The molecule has 1 amide bonds. The van der Waals surface area contributed by atoms with E-state index < -0.39 is 5.82 Å². The van der Waals surface area contributed by atoms with Gasteiger partial charge in [-0.05, 0) is 43.5 Å². The number of aryl methyl sites for hydroxylation is 1. The zero-order valence-electron chi connectivity index (χ0n) is 16.6. The molecule has 1 fully saturated rings. The van der Waals surface area contributed by atoms with Crippen LogP contribution in [0.5, 0.6) is 0 Å². The molecule has 3 aromatic rings. The first-order chi connectivity index (χ1) is 14.4. The number of halogens is 2. The van der Waals surface area contributed by atoms with Crippen molar-refractivity contribution < 1.29 is 9.18 Å². The summed E-state index contributed by atoms with van der Waals surface area (Å²) in [5, 5.41) is 7.13. The minimum Gasteiger partial charge on any atom is -0.339 e. The molecule has 2 aromatic carbocycles. The van der Waals surface area contributed by atoms with Gasteiger partial charge in [0, 0.05) is 24.0 Å². The van der Waals surface area contributed by atoms with Crippen molar-refractivity contribution in [2.75, 3.05) is 13.1 Å². The van der Waals surface area contributed by atoms with Crippen molar-refractivity contribution in [3.8, 4) is 0 Å². The highest BCUT2D eigenvalue weighted by atomic mass is 35.5. The Hall–Kier alpha value is -2.93. The highest BCUT2D eigenvalue weighted by Gasteiger charge is 2.29. The fraction of sp³-hybridized carbons (Fsp3) is 0.318. The molecule has 0 atom stereocenters. The van der Waals surface area contributed by atoms with Gasteiger partial charge in [-0.25, -0.2) is 14.3 Å². The second-order valence-electron chi connectivity index (χ2n) is 7.65. The summed E-state index contributed by atoms with van der Waals surface area (Å²) in [4.78, 5) is 26.6. The predicted octanol–water partition coefficient (Wildman–Crippen LogP) is 3.74. The van der Waals surface area contributed by atoms with Crippen molar-refractivity contribution in [2.45, 2.75) is 32.2 Å². The number of nitrogens with zero attached hydrogens (tertiary/aromatic N) is 3. The number of piperidine rings is 1. The predicted molar refractivity (Wildman–Crippen MR) is 112 cm³/mol. The second kappa shape index (κ2) is 8.44. The van der Waals surface area contributed by atoms with Crippen molar-refractivity contribution in [1.29, 1.82) is 0 Å². The lowest BCUT2D eigenvalue weighted by molar-refractivity contribution is 0.0705. The number of rotatable bonds is 4. The standard InChI is InChI=1S/C22H22ClFN4O2/c1-14-2-4-15(5-3-14)13-28-20(25-26-22(28)30)16-8-10-27(11-9-16)21(29)18-12-17(23)6-7-19(18)24/h2-7,12,16H,8-11,13H2,1H3,(H,26,30). The van der Waals surface area contributed by atoms with E-state index in [1.807, 2.05) is 31.2 Å². The molecule has 8 heteroatoms. The minimum atomic E-state index is -0.578. The normalized spacial score (nSPS) is 14.8. The molecule has 30 heavy (non-hydrogen) atoms. The molecule has 0 spiro atoms. The number of aromatic nitrogens is 3. The van der Waals surface area contributed by atoms with E-state index in [2.05, 4.69) is 10.2 Å². The van der Waals surface area contributed by atoms with E-state index in [1.54, 1.807) is 9.47 Å². The van der Waals surface area contributed by atoms with Crippen LogP contribution < -0.4 is 5.69 Å². The van der Waals surface area contributed by atoms with E-state index in [-0.39, 0.29) is 23.1 Å². The number of carbonyl (C=O) groups excluding carboxylic acids is 1. The van der Waals surface area contributed by atoms with Crippen molar-refractivity contribution in [3.05, 3.63) is 86.3 Å².